The van der Waals surface area contributed by atoms with Crippen molar-refractivity contribution in [2.24, 2.45) is 22.6 Å². The standard InChI is InChI=1S/C20H46N2O6Si2/c1-10-26-30(27-11-2,28-12-3)20(22-18(6)15-17(4)5)19(13-14-21)16-29(23-7,24-8)25-9/h17,19-20H,10-16,21H2,1-9H3. The molecule has 0 bridgehead atoms. The van der Waals surface area contributed by atoms with Gasteiger partial charge in [0, 0.05) is 52.9 Å². The minimum absolute atomic E-state index is 0.0278. The molecule has 0 rings (SSSR count). The number of rotatable bonds is 18. The third-order valence-corrected chi connectivity index (χ3v) is 11.2. The van der Waals surface area contributed by atoms with Crippen LogP contribution in [-0.2, 0) is 26.6 Å². The fourth-order valence-corrected chi connectivity index (χ4v) is 9.26. The van der Waals surface area contributed by atoms with E-state index in [1.807, 2.05) is 20.8 Å². The van der Waals surface area contributed by atoms with Crippen molar-refractivity contribution < 1.29 is 26.6 Å². The molecule has 0 spiro atoms. The van der Waals surface area contributed by atoms with Gasteiger partial charge in [0.1, 0.15) is 5.67 Å². The van der Waals surface area contributed by atoms with Crippen LogP contribution in [0.4, 0.5) is 0 Å². The lowest BCUT2D eigenvalue weighted by Crippen LogP contribution is -2.60. The summed E-state index contributed by atoms with van der Waals surface area (Å²) in [5, 5.41) is 0. The number of aliphatic imine (C=N–C) groups is 1. The molecule has 0 amide bonds. The predicted octanol–water partition coefficient (Wildman–Crippen LogP) is 3.29. The number of nitrogens with zero attached hydrogens (tertiary/aromatic N) is 1. The predicted molar refractivity (Wildman–Crippen MR) is 126 cm³/mol. The van der Waals surface area contributed by atoms with Crippen LogP contribution in [0.1, 0.15) is 54.4 Å². The van der Waals surface area contributed by atoms with Crippen molar-refractivity contribution in [1.29, 1.82) is 0 Å². The van der Waals surface area contributed by atoms with Crippen molar-refractivity contribution in [3.05, 3.63) is 0 Å². The highest BCUT2D eigenvalue weighted by Crippen LogP contribution is 2.33. The highest BCUT2D eigenvalue weighted by atomic mass is 28.4. The summed E-state index contributed by atoms with van der Waals surface area (Å²) >= 11 is 0. The van der Waals surface area contributed by atoms with Crippen molar-refractivity contribution in [2.45, 2.75) is 66.1 Å². The lowest BCUT2D eigenvalue weighted by atomic mass is 10.1. The largest absolute Gasteiger partial charge is 0.527 e. The Balaban J connectivity index is 6.47. The highest BCUT2D eigenvalue weighted by Gasteiger charge is 2.55. The van der Waals surface area contributed by atoms with E-state index in [9.17, 15) is 0 Å². The first-order valence-electron chi connectivity index (χ1n) is 11.0. The Morgan fingerprint density at radius 1 is 0.900 bits per heavy atom. The summed E-state index contributed by atoms with van der Waals surface area (Å²) in [6.45, 7) is 14.2. The first-order valence-corrected chi connectivity index (χ1v) is 14.8. The Labute approximate surface area is 186 Å². The van der Waals surface area contributed by atoms with Gasteiger partial charge in [-0.3, -0.25) is 4.99 Å². The summed E-state index contributed by atoms with van der Waals surface area (Å²) in [6.07, 6.45) is 1.60. The monoisotopic (exact) mass is 466 g/mol. The molecule has 180 valence electrons. The molecule has 0 saturated heterocycles. The molecule has 0 saturated carbocycles. The zero-order valence-corrected chi connectivity index (χ0v) is 22.7. The summed E-state index contributed by atoms with van der Waals surface area (Å²) in [7, 11) is -1.17. The van der Waals surface area contributed by atoms with Crippen molar-refractivity contribution in [3.8, 4) is 0 Å². The van der Waals surface area contributed by atoms with Gasteiger partial charge >= 0.3 is 17.6 Å². The van der Waals surface area contributed by atoms with Gasteiger partial charge in [-0.15, -0.1) is 0 Å². The SMILES string of the molecule is CCO[Si](OCC)(OCC)C(N=C(C)CC(C)C)C(CCN)C[Si](OC)(OC)OC. The molecule has 0 aliphatic rings. The van der Waals surface area contributed by atoms with Gasteiger partial charge in [-0.05, 0) is 58.9 Å². The topological polar surface area (TPSA) is 93.8 Å². The van der Waals surface area contributed by atoms with Crippen LogP contribution in [-0.4, -0.2) is 76.7 Å². The molecular formula is C20H46N2O6Si2. The molecule has 2 unspecified atom stereocenters. The molecule has 2 N–H and O–H groups in total. The Kier molecular flexibility index (Phi) is 15.5. The van der Waals surface area contributed by atoms with E-state index < -0.39 is 17.6 Å². The van der Waals surface area contributed by atoms with E-state index in [2.05, 4.69) is 20.8 Å². The van der Waals surface area contributed by atoms with Gasteiger partial charge in [-0.2, -0.15) is 0 Å². The maximum absolute atomic E-state index is 6.26. The lowest BCUT2D eigenvalue weighted by Gasteiger charge is -2.39. The molecule has 0 aromatic carbocycles. The van der Waals surface area contributed by atoms with Gasteiger partial charge in [-0.1, -0.05) is 13.8 Å². The molecule has 8 nitrogen and oxygen atoms in total. The van der Waals surface area contributed by atoms with E-state index in [4.69, 9.17) is 37.3 Å². The molecule has 0 fully saturated rings. The zero-order chi connectivity index (χ0) is 23.2. The van der Waals surface area contributed by atoms with E-state index in [1.165, 1.54) is 0 Å². The summed E-state index contributed by atoms with van der Waals surface area (Å²) in [5.41, 5.74) is 6.76. The number of hydrogen-bond donors (Lipinski definition) is 1. The second kappa shape index (κ2) is 15.6. The second-order valence-electron chi connectivity index (χ2n) is 7.65. The molecule has 0 aromatic heterocycles. The second-order valence-corrected chi connectivity index (χ2v) is 13.3. The van der Waals surface area contributed by atoms with Crippen LogP contribution in [0.3, 0.4) is 0 Å². The van der Waals surface area contributed by atoms with Gasteiger partial charge < -0.3 is 32.3 Å². The first kappa shape index (κ1) is 29.8. The summed E-state index contributed by atoms with van der Waals surface area (Å²) in [5.74, 6) is 0.468. The molecule has 0 aliphatic carbocycles. The molecule has 2 atom stereocenters. The summed E-state index contributed by atoms with van der Waals surface area (Å²) < 4.78 is 36.0. The van der Waals surface area contributed by atoms with E-state index in [0.29, 0.717) is 44.7 Å². The summed E-state index contributed by atoms with van der Waals surface area (Å²) in [4.78, 5) is 5.15. The maximum Gasteiger partial charge on any atom is 0.527 e. The van der Waals surface area contributed by atoms with Gasteiger partial charge in [0.15, 0.2) is 0 Å². The zero-order valence-electron chi connectivity index (χ0n) is 20.7. The van der Waals surface area contributed by atoms with Crippen LogP contribution >= 0.6 is 0 Å². The Hall–Kier alpha value is -0.176. The molecule has 0 radical (unpaired) electrons. The third-order valence-electron chi connectivity index (χ3n) is 4.89. The molecule has 10 heteroatoms. The van der Waals surface area contributed by atoms with Crippen LogP contribution in [0.25, 0.3) is 0 Å². The van der Waals surface area contributed by atoms with Crippen LogP contribution in [0.15, 0.2) is 4.99 Å². The minimum Gasteiger partial charge on any atom is -0.377 e. The average molecular weight is 467 g/mol. The molecule has 0 heterocycles. The fraction of sp³-hybridized carbons (Fsp3) is 0.950. The number of hydrogen-bond acceptors (Lipinski definition) is 8. The van der Waals surface area contributed by atoms with Gasteiger partial charge in [0.25, 0.3) is 0 Å². The van der Waals surface area contributed by atoms with Gasteiger partial charge in [0.2, 0.25) is 0 Å². The molecule has 0 aromatic rings. The van der Waals surface area contributed by atoms with Crippen LogP contribution in [0.5, 0.6) is 0 Å². The van der Waals surface area contributed by atoms with Crippen LogP contribution < -0.4 is 5.73 Å². The quantitative estimate of drug-likeness (QED) is 0.245. The highest BCUT2D eigenvalue weighted by molar-refractivity contribution is 6.64. The minimum atomic E-state index is -3.16. The van der Waals surface area contributed by atoms with E-state index in [1.54, 1.807) is 21.3 Å². The normalized spacial score (nSPS) is 15.6. The van der Waals surface area contributed by atoms with Crippen molar-refractivity contribution in [1.82, 2.24) is 0 Å². The number of nitrogens with two attached hydrogens (primary N) is 1. The van der Waals surface area contributed by atoms with Crippen LogP contribution in [0, 0.1) is 11.8 Å². The van der Waals surface area contributed by atoms with E-state index in [0.717, 1.165) is 12.1 Å². The van der Waals surface area contributed by atoms with Gasteiger partial charge in [-0.25, -0.2) is 0 Å². The third kappa shape index (κ3) is 9.13. The van der Waals surface area contributed by atoms with Crippen molar-refractivity contribution in [2.75, 3.05) is 47.7 Å². The fourth-order valence-electron chi connectivity index (χ4n) is 3.75. The molecule has 30 heavy (non-hydrogen) atoms. The lowest BCUT2D eigenvalue weighted by molar-refractivity contribution is 0.0537. The van der Waals surface area contributed by atoms with E-state index >= 15 is 0 Å². The molecule has 0 aliphatic heterocycles. The van der Waals surface area contributed by atoms with Crippen molar-refractivity contribution in [3.63, 3.8) is 0 Å². The maximum atomic E-state index is 6.26. The van der Waals surface area contributed by atoms with Crippen molar-refractivity contribution >= 4 is 23.3 Å². The first-order chi connectivity index (χ1) is 14.2. The van der Waals surface area contributed by atoms with Gasteiger partial charge in [0.05, 0.1) is 0 Å². The van der Waals surface area contributed by atoms with E-state index in [-0.39, 0.29) is 11.6 Å². The molecular weight excluding hydrogens is 420 g/mol. The Bertz CT molecular complexity index is 453. The smallest absolute Gasteiger partial charge is 0.377 e. The van der Waals surface area contributed by atoms with Crippen LogP contribution in [0.2, 0.25) is 6.04 Å². The Morgan fingerprint density at radius 2 is 1.37 bits per heavy atom. The summed E-state index contributed by atoms with van der Waals surface area (Å²) in [6, 6.07) is 0.554. The Morgan fingerprint density at radius 3 is 1.70 bits per heavy atom. The average Bonchev–Trinajstić information content (AvgIpc) is 2.70.